The van der Waals surface area contributed by atoms with Gasteiger partial charge in [-0.3, -0.25) is 0 Å². The van der Waals surface area contributed by atoms with Gasteiger partial charge in [-0.2, -0.15) is 0 Å². The summed E-state index contributed by atoms with van der Waals surface area (Å²) < 4.78 is 1.20. The summed E-state index contributed by atoms with van der Waals surface area (Å²) in [4.78, 5) is 12.1. The highest BCUT2D eigenvalue weighted by Crippen LogP contribution is 2.37. The van der Waals surface area contributed by atoms with Gasteiger partial charge >= 0.3 is 0 Å². The second-order valence-electron chi connectivity index (χ2n) is 5.14. The lowest BCUT2D eigenvalue weighted by molar-refractivity contribution is 1.13. The number of aromatic nitrogens is 3. The standard InChI is InChI=1S/C18H13IN4/c19-13-6-8-14(9-7-13)23-18-16-15(12-4-2-1-3-5-12)10-20-17(16)21-11-22-18/h1-11H,(H2,20,21,22,23). The first-order valence-electron chi connectivity index (χ1n) is 7.21. The Bertz CT molecular complexity index is 900. The molecule has 2 aliphatic rings. The molecule has 0 saturated heterocycles. The Labute approximate surface area is 147 Å². The third-order valence-corrected chi connectivity index (χ3v) is 4.37. The minimum Gasteiger partial charge on any atom is -0.340 e. The van der Waals surface area contributed by atoms with Gasteiger partial charge in [0, 0.05) is 21.0 Å². The van der Waals surface area contributed by atoms with Crippen LogP contribution in [-0.4, -0.2) is 15.0 Å². The Morgan fingerprint density at radius 3 is 2.48 bits per heavy atom. The van der Waals surface area contributed by atoms with Crippen molar-refractivity contribution in [2.45, 2.75) is 0 Å². The molecule has 0 radical (unpaired) electrons. The summed E-state index contributed by atoms with van der Waals surface area (Å²) in [7, 11) is 0. The fourth-order valence-corrected chi connectivity index (χ4v) is 2.92. The van der Waals surface area contributed by atoms with E-state index in [2.05, 4.69) is 67.1 Å². The number of H-pyrrole nitrogens is 1. The molecular weight excluding hydrogens is 399 g/mol. The second kappa shape index (κ2) is 6.00. The molecular formula is C18H13IN4. The fourth-order valence-electron chi connectivity index (χ4n) is 2.56. The van der Waals surface area contributed by atoms with Crippen molar-refractivity contribution in [3.8, 4) is 22.5 Å². The van der Waals surface area contributed by atoms with Crippen LogP contribution in [0, 0.1) is 3.57 Å². The molecule has 0 aromatic heterocycles. The fraction of sp³-hybridized carbons (Fsp3) is 0. The molecule has 0 unspecified atom stereocenters. The largest absolute Gasteiger partial charge is 0.340 e. The molecule has 4 rings (SSSR count). The van der Waals surface area contributed by atoms with E-state index in [1.807, 2.05) is 36.5 Å². The first-order valence-corrected chi connectivity index (χ1v) is 8.29. The molecule has 0 amide bonds. The maximum absolute atomic E-state index is 4.47. The van der Waals surface area contributed by atoms with Gasteiger partial charge < -0.3 is 10.3 Å². The summed E-state index contributed by atoms with van der Waals surface area (Å²) in [5.41, 5.74) is 4.20. The molecule has 0 saturated carbocycles. The predicted molar refractivity (Wildman–Crippen MR) is 101 cm³/mol. The van der Waals surface area contributed by atoms with Crippen LogP contribution in [0.1, 0.15) is 0 Å². The molecule has 0 fully saturated rings. The van der Waals surface area contributed by atoms with E-state index in [1.165, 1.54) is 3.57 Å². The summed E-state index contributed by atoms with van der Waals surface area (Å²) >= 11 is 2.30. The van der Waals surface area contributed by atoms with Gasteiger partial charge in [0.25, 0.3) is 0 Å². The summed E-state index contributed by atoms with van der Waals surface area (Å²) in [5.74, 6) is 1.63. The third-order valence-electron chi connectivity index (χ3n) is 3.65. The highest BCUT2D eigenvalue weighted by atomic mass is 127. The van der Waals surface area contributed by atoms with E-state index < -0.39 is 0 Å². The summed E-state index contributed by atoms with van der Waals surface area (Å²) in [6.07, 6.45) is 3.55. The molecule has 2 heterocycles. The molecule has 0 aliphatic carbocycles. The number of aromatic amines is 1. The quantitative estimate of drug-likeness (QED) is 0.470. The van der Waals surface area contributed by atoms with Gasteiger partial charge in [0.15, 0.2) is 0 Å². The molecule has 2 aromatic carbocycles. The number of fused-ring (bicyclic) bond motifs is 1. The Morgan fingerprint density at radius 2 is 1.70 bits per heavy atom. The minimum absolute atomic E-state index is 0.802. The van der Waals surface area contributed by atoms with Crippen molar-refractivity contribution in [3.05, 3.63) is 70.7 Å². The molecule has 23 heavy (non-hydrogen) atoms. The van der Waals surface area contributed by atoms with Gasteiger partial charge in [0.1, 0.15) is 11.6 Å². The molecule has 2 N–H and O–H groups in total. The Balaban J connectivity index is 1.80. The first kappa shape index (κ1) is 14.2. The molecule has 2 aromatic rings. The van der Waals surface area contributed by atoms with Crippen LogP contribution >= 0.6 is 22.6 Å². The average Bonchev–Trinajstić information content (AvgIpc) is 3.03. The number of benzene rings is 2. The van der Waals surface area contributed by atoms with E-state index in [9.17, 15) is 0 Å². The molecule has 0 spiro atoms. The van der Waals surface area contributed by atoms with Crippen LogP contribution in [0.15, 0.2) is 67.1 Å². The molecule has 112 valence electrons. The smallest absolute Gasteiger partial charge is 0.143 e. The van der Waals surface area contributed by atoms with Gasteiger partial charge in [-0.1, -0.05) is 30.3 Å². The van der Waals surface area contributed by atoms with Gasteiger partial charge in [0.2, 0.25) is 0 Å². The van der Waals surface area contributed by atoms with Crippen LogP contribution in [0.25, 0.3) is 22.5 Å². The van der Waals surface area contributed by atoms with Crippen molar-refractivity contribution in [3.63, 3.8) is 0 Å². The van der Waals surface area contributed by atoms with E-state index in [-0.39, 0.29) is 0 Å². The van der Waals surface area contributed by atoms with Crippen LogP contribution < -0.4 is 5.32 Å². The first-order chi connectivity index (χ1) is 11.3. The van der Waals surface area contributed by atoms with E-state index in [0.717, 1.165) is 34.0 Å². The monoisotopic (exact) mass is 412 g/mol. The van der Waals surface area contributed by atoms with E-state index >= 15 is 0 Å². The number of nitrogens with zero attached hydrogens (tertiary/aromatic N) is 2. The Morgan fingerprint density at radius 1 is 0.913 bits per heavy atom. The highest BCUT2D eigenvalue weighted by molar-refractivity contribution is 14.1. The average molecular weight is 412 g/mol. The van der Waals surface area contributed by atoms with Gasteiger partial charge in [-0.25, -0.2) is 9.97 Å². The SMILES string of the molecule is Ic1ccc(Nc2nc[nH]c3ncc(-c4ccccc4)c2-3)cc1. The lowest BCUT2D eigenvalue weighted by Crippen LogP contribution is -1.99. The number of rotatable bonds is 3. The van der Waals surface area contributed by atoms with Crippen LogP contribution in [0.5, 0.6) is 0 Å². The van der Waals surface area contributed by atoms with Crippen molar-refractivity contribution in [2.75, 3.05) is 5.32 Å². The third kappa shape index (κ3) is 2.79. The summed E-state index contributed by atoms with van der Waals surface area (Å²) in [6, 6.07) is 18.5. The molecule has 5 heteroatoms. The van der Waals surface area contributed by atoms with Crippen molar-refractivity contribution in [2.24, 2.45) is 0 Å². The van der Waals surface area contributed by atoms with Crippen LogP contribution in [0.3, 0.4) is 0 Å². The van der Waals surface area contributed by atoms with E-state index in [4.69, 9.17) is 0 Å². The molecule has 0 atom stereocenters. The lowest BCUT2D eigenvalue weighted by atomic mass is 10.0. The van der Waals surface area contributed by atoms with Crippen LogP contribution in [0.2, 0.25) is 0 Å². The molecule has 2 aliphatic heterocycles. The minimum atomic E-state index is 0.802. The van der Waals surface area contributed by atoms with Crippen molar-refractivity contribution >= 4 is 34.1 Å². The normalized spacial score (nSPS) is 10.8. The van der Waals surface area contributed by atoms with Gasteiger partial charge in [-0.05, 0) is 52.4 Å². The zero-order valence-electron chi connectivity index (χ0n) is 12.1. The predicted octanol–water partition coefficient (Wildman–Crippen LogP) is 4.92. The van der Waals surface area contributed by atoms with E-state index in [0.29, 0.717) is 0 Å². The number of anilines is 2. The van der Waals surface area contributed by atoms with Crippen molar-refractivity contribution in [1.82, 2.24) is 15.0 Å². The molecule has 4 nitrogen and oxygen atoms in total. The number of nitrogens with one attached hydrogen (secondary N) is 2. The maximum atomic E-state index is 4.47. The molecule has 0 bridgehead atoms. The summed E-state index contributed by atoms with van der Waals surface area (Å²) in [6.45, 7) is 0. The highest BCUT2D eigenvalue weighted by Gasteiger charge is 2.18. The maximum Gasteiger partial charge on any atom is 0.143 e. The van der Waals surface area contributed by atoms with Crippen LogP contribution in [-0.2, 0) is 0 Å². The topological polar surface area (TPSA) is 53.6 Å². The zero-order chi connectivity index (χ0) is 15.6. The Hall–Kier alpha value is -2.41. The lowest BCUT2D eigenvalue weighted by Gasteiger charge is -2.11. The van der Waals surface area contributed by atoms with Gasteiger partial charge in [-0.15, -0.1) is 0 Å². The van der Waals surface area contributed by atoms with Crippen molar-refractivity contribution in [1.29, 1.82) is 0 Å². The van der Waals surface area contributed by atoms with Gasteiger partial charge in [0.05, 0.1) is 11.9 Å². The number of hydrogen-bond acceptors (Lipinski definition) is 3. The second-order valence-corrected chi connectivity index (χ2v) is 6.39. The Kier molecular flexibility index (Phi) is 3.70. The zero-order valence-corrected chi connectivity index (χ0v) is 14.3. The number of hydrogen-bond donors (Lipinski definition) is 2. The van der Waals surface area contributed by atoms with Crippen molar-refractivity contribution < 1.29 is 0 Å². The summed E-state index contributed by atoms with van der Waals surface area (Å²) in [5, 5.41) is 3.40. The van der Waals surface area contributed by atoms with Crippen LogP contribution in [0.4, 0.5) is 11.5 Å². The number of halogens is 1. The van der Waals surface area contributed by atoms with E-state index in [1.54, 1.807) is 6.33 Å².